The highest BCUT2D eigenvalue weighted by atomic mass is 32.1. The normalized spacial score (nSPS) is 20.1. The lowest BCUT2D eigenvalue weighted by molar-refractivity contribution is -0.133. The van der Waals surface area contributed by atoms with E-state index < -0.39 is 0 Å². The van der Waals surface area contributed by atoms with Gasteiger partial charge in [-0.15, -0.1) is 11.3 Å². The van der Waals surface area contributed by atoms with Crippen LogP contribution in [0.25, 0.3) is 10.2 Å². The van der Waals surface area contributed by atoms with Gasteiger partial charge in [-0.25, -0.2) is 4.98 Å². The number of amides is 1. The number of nitrogens with zero attached hydrogens (tertiary/aromatic N) is 3. The topological polar surface area (TPSA) is 36.4 Å². The summed E-state index contributed by atoms with van der Waals surface area (Å²) in [5, 5.41) is 1.08. The Morgan fingerprint density at radius 1 is 1.12 bits per heavy atom. The molecule has 0 bridgehead atoms. The lowest BCUT2D eigenvalue weighted by atomic mass is 10.1. The van der Waals surface area contributed by atoms with Gasteiger partial charge in [0, 0.05) is 45.1 Å². The van der Waals surface area contributed by atoms with E-state index >= 15 is 0 Å². The highest BCUT2D eigenvalue weighted by molar-refractivity contribution is 7.18. The molecule has 2 heterocycles. The maximum Gasteiger partial charge on any atom is 0.223 e. The largest absolute Gasteiger partial charge is 0.340 e. The van der Waals surface area contributed by atoms with E-state index in [0.717, 1.165) is 49.2 Å². The van der Waals surface area contributed by atoms with Gasteiger partial charge in [0.2, 0.25) is 5.91 Å². The van der Waals surface area contributed by atoms with Crippen molar-refractivity contribution in [3.05, 3.63) is 29.3 Å². The molecule has 5 heteroatoms. The smallest absolute Gasteiger partial charge is 0.223 e. The number of benzene rings is 1. The Kier molecular flexibility index (Phi) is 4.81. The highest BCUT2D eigenvalue weighted by Crippen LogP contribution is 2.25. The molecule has 0 unspecified atom stereocenters. The molecule has 1 amide bonds. The minimum Gasteiger partial charge on any atom is -0.340 e. The van der Waals surface area contributed by atoms with Crippen LogP contribution < -0.4 is 0 Å². The van der Waals surface area contributed by atoms with Crippen molar-refractivity contribution >= 4 is 27.5 Å². The summed E-state index contributed by atoms with van der Waals surface area (Å²) in [6.07, 6.45) is 6.82. The van der Waals surface area contributed by atoms with Crippen molar-refractivity contribution in [3.63, 3.8) is 0 Å². The van der Waals surface area contributed by atoms with E-state index in [1.807, 2.05) is 18.2 Å². The van der Waals surface area contributed by atoms with Gasteiger partial charge in [0.15, 0.2) is 0 Å². The van der Waals surface area contributed by atoms with E-state index in [2.05, 4.69) is 20.9 Å². The van der Waals surface area contributed by atoms with Gasteiger partial charge in [0.1, 0.15) is 0 Å². The van der Waals surface area contributed by atoms with Crippen LogP contribution in [0.3, 0.4) is 0 Å². The van der Waals surface area contributed by atoms with Gasteiger partial charge in [0.25, 0.3) is 0 Å². The van der Waals surface area contributed by atoms with Crippen molar-refractivity contribution in [2.45, 2.75) is 44.6 Å². The zero-order chi connectivity index (χ0) is 16.4. The molecule has 2 aromatic rings. The molecule has 0 atom stereocenters. The SMILES string of the molecule is O=C(CCc1nc2ccccc2s1)N1CCN(C2CCCC2)CC1. The third-order valence-corrected chi connectivity index (χ3v) is 6.50. The second-order valence-electron chi connectivity index (χ2n) is 6.93. The second kappa shape index (κ2) is 7.19. The Morgan fingerprint density at radius 3 is 2.62 bits per heavy atom. The highest BCUT2D eigenvalue weighted by Gasteiger charge is 2.27. The number of carbonyl (C=O) groups is 1. The summed E-state index contributed by atoms with van der Waals surface area (Å²) in [4.78, 5) is 21.8. The minimum atomic E-state index is 0.292. The Morgan fingerprint density at radius 2 is 1.88 bits per heavy atom. The Balaban J connectivity index is 1.27. The maximum absolute atomic E-state index is 12.5. The number of fused-ring (bicyclic) bond motifs is 1. The minimum absolute atomic E-state index is 0.292. The van der Waals surface area contributed by atoms with Crippen molar-refractivity contribution in [3.8, 4) is 0 Å². The van der Waals surface area contributed by atoms with Gasteiger partial charge in [-0.2, -0.15) is 0 Å². The Hall–Kier alpha value is -1.46. The molecule has 0 N–H and O–H groups in total. The molecular weight excluding hydrogens is 318 g/mol. The van der Waals surface area contributed by atoms with Crippen molar-refractivity contribution in [1.29, 1.82) is 0 Å². The predicted molar refractivity (Wildman–Crippen MR) is 98.4 cm³/mol. The first-order valence-corrected chi connectivity index (χ1v) is 9.97. The lowest BCUT2D eigenvalue weighted by Crippen LogP contribution is -2.51. The number of piperazine rings is 1. The number of carbonyl (C=O) groups excluding carboxylic acids is 1. The summed E-state index contributed by atoms with van der Waals surface area (Å²) in [5.74, 6) is 0.292. The Labute approximate surface area is 147 Å². The number of para-hydroxylation sites is 1. The molecule has 1 saturated heterocycles. The summed E-state index contributed by atoms with van der Waals surface area (Å²) in [6.45, 7) is 3.90. The zero-order valence-corrected chi connectivity index (χ0v) is 14.9. The molecular formula is C19H25N3OS. The number of hydrogen-bond donors (Lipinski definition) is 0. The van der Waals surface area contributed by atoms with Crippen LogP contribution in [0.15, 0.2) is 24.3 Å². The first-order valence-electron chi connectivity index (χ1n) is 9.16. The van der Waals surface area contributed by atoms with Gasteiger partial charge in [-0.1, -0.05) is 25.0 Å². The van der Waals surface area contributed by atoms with Gasteiger partial charge in [-0.3, -0.25) is 9.69 Å². The number of rotatable bonds is 4. The fraction of sp³-hybridized carbons (Fsp3) is 0.579. The molecule has 4 nitrogen and oxygen atoms in total. The summed E-state index contributed by atoms with van der Waals surface area (Å²) >= 11 is 1.71. The Bertz CT molecular complexity index is 666. The molecule has 0 radical (unpaired) electrons. The maximum atomic E-state index is 12.5. The summed E-state index contributed by atoms with van der Waals surface area (Å²) in [5.41, 5.74) is 1.05. The van der Waals surface area contributed by atoms with Gasteiger partial charge >= 0.3 is 0 Å². The van der Waals surface area contributed by atoms with Crippen molar-refractivity contribution in [2.75, 3.05) is 26.2 Å². The van der Waals surface area contributed by atoms with Crippen molar-refractivity contribution < 1.29 is 4.79 Å². The second-order valence-corrected chi connectivity index (χ2v) is 8.05. The van der Waals surface area contributed by atoms with Gasteiger partial charge in [0.05, 0.1) is 15.2 Å². The van der Waals surface area contributed by atoms with Crippen LogP contribution in [0.1, 0.15) is 37.1 Å². The summed E-state index contributed by atoms with van der Waals surface area (Å²) in [6, 6.07) is 8.98. The van der Waals surface area contributed by atoms with E-state index in [-0.39, 0.29) is 0 Å². The molecule has 0 spiro atoms. The van der Waals surface area contributed by atoms with E-state index in [9.17, 15) is 4.79 Å². The van der Waals surface area contributed by atoms with Crippen LogP contribution >= 0.6 is 11.3 Å². The third-order valence-electron chi connectivity index (χ3n) is 5.40. The number of hydrogen-bond acceptors (Lipinski definition) is 4. The summed E-state index contributed by atoms with van der Waals surface area (Å²) in [7, 11) is 0. The molecule has 128 valence electrons. The molecule has 1 aromatic carbocycles. The quantitative estimate of drug-likeness (QED) is 0.854. The summed E-state index contributed by atoms with van der Waals surface area (Å²) < 4.78 is 1.21. The van der Waals surface area contributed by atoms with Crippen LogP contribution in [-0.2, 0) is 11.2 Å². The number of aryl methyl sites for hydroxylation is 1. The van der Waals surface area contributed by atoms with E-state index in [1.165, 1.54) is 30.4 Å². The van der Waals surface area contributed by atoms with Crippen LogP contribution in [0, 0.1) is 0 Å². The molecule has 24 heavy (non-hydrogen) atoms. The molecule has 1 aliphatic carbocycles. The van der Waals surface area contributed by atoms with Crippen LogP contribution in [0.2, 0.25) is 0 Å². The van der Waals surface area contributed by atoms with Crippen LogP contribution in [0.4, 0.5) is 0 Å². The first kappa shape index (κ1) is 16.0. The van der Waals surface area contributed by atoms with E-state index in [4.69, 9.17) is 0 Å². The van der Waals surface area contributed by atoms with Crippen LogP contribution in [-0.4, -0.2) is 52.9 Å². The van der Waals surface area contributed by atoms with Crippen molar-refractivity contribution in [2.24, 2.45) is 0 Å². The third kappa shape index (κ3) is 3.47. The van der Waals surface area contributed by atoms with Crippen LogP contribution in [0.5, 0.6) is 0 Å². The van der Waals surface area contributed by atoms with Gasteiger partial charge in [-0.05, 0) is 25.0 Å². The molecule has 2 fully saturated rings. The van der Waals surface area contributed by atoms with E-state index in [1.54, 1.807) is 11.3 Å². The number of thiazole rings is 1. The standard InChI is InChI=1S/C19H25N3OS/c23-19(10-9-18-20-16-7-3-4-8-17(16)24-18)22-13-11-21(12-14-22)15-5-1-2-6-15/h3-4,7-8,15H,1-2,5-6,9-14H2. The monoisotopic (exact) mass is 343 g/mol. The fourth-order valence-corrected chi connectivity index (χ4v) is 4.97. The predicted octanol–water partition coefficient (Wildman–Crippen LogP) is 3.32. The molecule has 4 rings (SSSR count). The molecule has 1 aromatic heterocycles. The molecule has 1 saturated carbocycles. The lowest BCUT2D eigenvalue weighted by Gasteiger charge is -2.38. The molecule has 1 aliphatic heterocycles. The number of aromatic nitrogens is 1. The molecule has 2 aliphatic rings. The van der Waals surface area contributed by atoms with Gasteiger partial charge < -0.3 is 4.90 Å². The fourth-order valence-electron chi connectivity index (χ4n) is 4.00. The first-order chi connectivity index (χ1) is 11.8. The van der Waals surface area contributed by atoms with Crippen molar-refractivity contribution in [1.82, 2.24) is 14.8 Å². The zero-order valence-electron chi connectivity index (χ0n) is 14.1. The average molecular weight is 343 g/mol. The van der Waals surface area contributed by atoms with E-state index in [0.29, 0.717) is 12.3 Å². The average Bonchev–Trinajstić information content (AvgIpc) is 3.29.